The van der Waals surface area contributed by atoms with Crippen molar-refractivity contribution in [3.8, 4) is 0 Å². The number of aliphatic hydroxyl groups is 1. The van der Waals surface area contributed by atoms with E-state index in [1.165, 1.54) is 25.2 Å². The summed E-state index contributed by atoms with van der Waals surface area (Å²) >= 11 is 5.17. The molecule has 2 aromatic rings. The van der Waals surface area contributed by atoms with Crippen molar-refractivity contribution >= 4 is 44.7 Å². The molecule has 122 valence electrons. The molecular weight excluding hydrogens is 370 g/mol. The van der Waals surface area contributed by atoms with Crippen LogP contribution in [0.4, 0.5) is 5.88 Å². The van der Waals surface area contributed by atoms with Crippen LogP contribution in [0.3, 0.4) is 0 Å². The number of furan rings is 1. The Kier molecular flexibility index (Phi) is 6.85. The first-order valence-corrected chi connectivity index (χ1v) is 9.26. The molecule has 0 aliphatic heterocycles. The summed E-state index contributed by atoms with van der Waals surface area (Å²) in [5.41, 5.74) is 0.393. The van der Waals surface area contributed by atoms with E-state index in [0.717, 1.165) is 18.1 Å². The fraction of sp³-hybridized carbons (Fsp3) is 0.533. The van der Waals surface area contributed by atoms with E-state index in [1.54, 1.807) is 0 Å². The number of anilines is 1. The monoisotopic (exact) mass is 389 g/mol. The summed E-state index contributed by atoms with van der Waals surface area (Å²) in [6, 6.07) is 1.42. The predicted octanol–water partition coefficient (Wildman–Crippen LogP) is 3.48. The van der Waals surface area contributed by atoms with Gasteiger partial charge >= 0.3 is 0 Å². The Bertz CT molecular complexity index is 655. The number of halogens is 1. The molecule has 0 fully saturated rings. The summed E-state index contributed by atoms with van der Waals surface area (Å²) in [6.45, 7) is 3.33. The van der Waals surface area contributed by atoms with Gasteiger partial charge in [-0.1, -0.05) is 13.3 Å². The van der Waals surface area contributed by atoms with Gasteiger partial charge in [0.05, 0.1) is 17.1 Å². The first-order chi connectivity index (χ1) is 10.7. The van der Waals surface area contributed by atoms with Crippen LogP contribution < -0.4 is 10.3 Å². The van der Waals surface area contributed by atoms with Crippen LogP contribution >= 0.6 is 27.7 Å². The Morgan fingerprint density at radius 3 is 2.86 bits per heavy atom. The standard InChI is InChI=1S/C15H20BrNO4S/c1-2-3-7-22-8-5-17(4-6-18)13-9-12(19)15-14(21-13)11(16)10-20-15/h9-10,18H,2-8H2,1H3. The van der Waals surface area contributed by atoms with Gasteiger partial charge in [-0.3, -0.25) is 4.79 Å². The Balaban J connectivity index is 2.13. The maximum atomic E-state index is 12.1. The quantitative estimate of drug-likeness (QED) is 0.662. The second-order valence-corrected chi connectivity index (χ2v) is 6.95. The third-order valence-electron chi connectivity index (χ3n) is 3.22. The number of unbranched alkanes of at least 4 members (excludes halogenated alkanes) is 1. The van der Waals surface area contributed by atoms with Crippen LogP contribution in [0.2, 0.25) is 0 Å². The van der Waals surface area contributed by atoms with Gasteiger partial charge in [-0.05, 0) is 28.1 Å². The van der Waals surface area contributed by atoms with Gasteiger partial charge in [0.2, 0.25) is 11.0 Å². The minimum Gasteiger partial charge on any atom is -0.456 e. The van der Waals surface area contributed by atoms with Crippen molar-refractivity contribution in [1.29, 1.82) is 0 Å². The number of rotatable bonds is 9. The van der Waals surface area contributed by atoms with Crippen molar-refractivity contribution in [3.63, 3.8) is 0 Å². The zero-order valence-electron chi connectivity index (χ0n) is 12.5. The van der Waals surface area contributed by atoms with Crippen LogP contribution in [0.5, 0.6) is 0 Å². The number of nitrogens with zero attached hydrogens (tertiary/aromatic N) is 1. The molecule has 22 heavy (non-hydrogen) atoms. The van der Waals surface area contributed by atoms with Crippen LogP contribution in [-0.4, -0.2) is 36.3 Å². The molecule has 0 saturated heterocycles. The molecule has 0 spiro atoms. The van der Waals surface area contributed by atoms with E-state index < -0.39 is 0 Å². The molecule has 0 saturated carbocycles. The average molecular weight is 390 g/mol. The summed E-state index contributed by atoms with van der Waals surface area (Å²) < 4.78 is 11.6. The fourth-order valence-corrected chi connectivity index (χ4v) is 3.44. The molecule has 2 heterocycles. The molecule has 7 heteroatoms. The van der Waals surface area contributed by atoms with Gasteiger partial charge in [-0.2, -0.15) is 11.8 Å². The molecule has 0 amide bonds. The van der Waals surface area contributed by atoms with Crippen LogP contribution in [0.1, 0.15) is 19.8 Å². The third kappa shape index (κ3) is 4.30. The highest BCUT2D eigenvalue weighted by Gasteiger charge is 2.16. The maximum Gasteiger partial charge on any atom is 0.230 e. The lowest BCUT2D eigenvalue weighted by Crippen LogP contribution is -2.29. The van der Waals surface area contributed by atoms with E-state index in [9.17, 15) is 9.90 Å². The zero-order chi connectivity index (χ0) is 15.9. The van der Waals surface area contributed by atoms with Gasteiger partial charge < -0.3 is 18.8 Å². The predicted molar refractivity (Wildman–Crippen MR) is 94.0 cm³/mol. The van der Waals surface area contributed by atoms with E-state index in [4.69, 9.17) is 8.83 Å². The summed E-state index contributed by atoms with van der Waals surface area (Å²) in [5, 5.41) is 9.24. The minimum absolute atomic E-state index is 0.00787. The lowest BCUT2D eigenvalue weighted by Gasteiger charge is -2.21. The van der Waals surface area contributed by atoms with E-state index in [-0.39, 0.29) is 17.6 Å². The Hall–Kier alpha value is -0.920. The zero-order valence-corrected chi connectivity index (χ0v) is 14.9. The Labute approximate surface area is 141 Å². The van der Waals surface area contributed by atoms with E-state index in [0.29, 0.717) is 22.5 Å². The van der Waals surface area contributed by atoms with Gasteiger partial charge in [-0.15, -0.1) is 0 Å². The molecule has 5 nitrogen and oxygen atoms in total. The molecule has 0 aliphatic carbocycles. The highest BCUT2D eigenvalue weighted by atomic mass is 79.9. The number of hydrogen-bond acceptors (Lipinski definition) is 6. The second kappa shape index (κ2) is 8.64. The number of aliphatic hydroxyl groups excluding tert-OH is 1. The van der Waals surface area contributed by atoms with Gasteiger partial charge in [0, 0.05) is 18.8 Å². The lowest BCUT2D eigenvalue weighted by atomic mass is 10.4. The number of fused-ring (bicyclic) bond motifs is 1. The topological polar surface area (TPSA) is 66.8 Å². The molecule has 1 N–H and O–H groups in total. The van der Waals surface area contributed by atoms with Gasteiger partial charge in [0.1, 0.15) is 6.26 Å². The van der Waals surface area contributed by atoms with Crippen LogP contribution in [0.25, 0.3) is 11.2 Å². The molecule has 2 aromatic heterocycles. The molecule has 0 radical (unpaired) electrons. The third-order valence-corrected chi connectivity index (χ3v) is 4.81. The summed E-state index contributed by atoms with van der Waals surface area (Å²) in [4.78, 5) is 14.0. The van der Waals surface area contributed by atoms with Crippen molar-refractivity contribution in [2.45, 2.75) is 19.8 Å². The van der Waals surface area contributed by atoms with Crippen molar-refractivity contribution in [2.24, 2.45) is 0 Å². The number of thioether (sulfide) groups is 1. The SMILES string of the molecule is CCCCSCCN(CCO)c1cc(=O)c2occ(Br)c2o1. The molecule has 0 aliphatic rings. The highest BCUT2D eigenvalue weighted by Crippen LogP contribution is 2.27. The van der Waals surface area contributed by atoms with Crippen LogP contribution in [-0.2, 0) is 0 Å². The van der Waals surface area contributed by atoms with E-state index in [2.05, 4.69) is 22.9 Å². The van der Waals surface area contributed by atoms with Crippen molar-refractivity contribution in [1.82, 2.24) is 0 Å². The second-order valence-electron chi connectivity index (χ2n) is 4.87. The van der Waals surface area contributed by atoms with Crippen molar-refractivity contribution in [2.75, 3.05) is 36.1 Å². The van der Waals surface area contributed by atoms with Gasteiger partial charge in [0.25, 0.3) is 0 Å². The number of hydrogen-bond donors (Lipinski definition) is 1. The minimum atomic E-state index is -0.219. The van der Waals surface area contributed by atoms with Crippen molar-refractivity contribution in [3.05, 3.63) is 27.0 Å². The van der Waals surface area contributed by atoms with Crippen molar-refractivity contribution < 1.29 is 13.9 Å². The summed E-state index contributed by atoms with van der Waals surface area (Å²) in [7, 11) is 0. The first-order valence-electron chi connectivity index (χ1n) is 7.31. The first kappa shape index (κ1) is 17.4. The summed E-state index contributed by atoms with van der Waals surface area (Å²) in [5.74, 6) is 2.51. The molecule has 0 unspecified atom stereocenters. The van der Waals surface area contributed by atoms with Crippen LogP contribution in [0.15, 0.2) is 30.4 Å². The largest absolute Gasteiger partial charge is 0.456 e. The van der Waals surface area contributed by atoms with E-state index >= 15 is 0 Å². The van der Waals surface area contributed by atoms with Crippen LogP contribution in [0, 0.1) is 0 Å². The fourth-order valence-electron chi connectivity index (χ4n) is 2.03. The lowest BCUT2D eigenvalue weighted by molar-refractivity contribution is 0.300. The molecule has 2 rings (SSSR count). The smallest absolute Gasteiger partial charge is 0.230 e. The van der Waals surface area contributed by atoms with Gasteiger partial charge in [-0.25, -0.2) is 0 Å². The van der Waals surface area contributed by atoms with Gasteiger partial charge in [0.15, 0.2) is 11.5 Å². The average Bonchev–Trinajstić information content (AvgIpc) is 2.88. The molecular formula is C15H20BrNO4S. The molecule has 0 atom stereocenters. The molecule has 0 aromatic carbocycles. The highest BCUT2D eigenvalue weighted by molar-refractivity contribution is 9.10. The maximum absolute atomic E-state index is 12.1. The van der Waals surface area contributed by atoms with E-state index in [1.807, 2.05) is 16.7 Å². The Morgan fingerprint density at radius 1 is 1.32 bits per heavy atom. The Morgan fingerprint density at radius 2 is 2.14 bits per heavy atom. The molecule has 0 bridgehead atoms. The normalized spacial score (nSPS) is 11.2. The summed E-state index contributed by atoms with van der Waals surface area (Å²) in [6.07, 6.45) is 3.83.